The summed E-state index contributed by atoms with van der Waals surface area (Å²) in [4.78, 5) is 35.6. The minimum absolute atomic E-state index is 0.165. The number of hydrogen-bond donors (Lipinski definition) is 2. The maximum atomic E-state index is 12.2. The number of amides is 2. The third-order valence-electron chi connectivity index (χ3n) is 3.71. The van der Waals surface area contributed by atoms with Crippen molar-refractivity contribution in [2.24, 2.45) is 11.8 Å². The number of nitrogens with one attached hydrogen (secondary N) is 2. The molecule has 1 aliphatic carbocycles. The van der Waals surface area contributed by atoms with Crippen molar-refractivity contribution in [2.45, 2.75) is 6.42 Å². The minimum Gasteiger partial charge on any atom is -0.465 e. The highest BCUT2D eigenvalue weighted by atomic mass is 35.5. The van der Waals surface area contributed by atoms with E-state index < -0.39 is 11.9 Å². The quantitative estimate of drug-likeness (QED) is 0.571. The van der Waals surface area contributed by atoms with Crippen LogP contribution in [0.2, 0.25) is 5.02 Å². The van der Waals surface area contributed by atoms with E-state index in [0.29, 0.717) is 30.3 Å². The van der Waals surface area contributed by atoms with Gasteiger partial charge in [0.15, 0.2) is 0 Å². The maximum absolute atomic E-state index is 12.2. The molecule has 0 heterocycles. The SMILES string of the molecule is COCCNC(=O)C1CC1C(=O)Nc1cc(C(=O)OC)ccc1Cl. The van der Waals surface area contributed by atoms with Crippen LogP contribution in [-0.4, -0.2) is 45.2 Å². The van der Waals surface area contributed by atoms with Crippen molar-refractivity contribution in [3.05, 3.63) is 28.8 Å². The van der Waals surface area contributed by atoms with Crippen LogP contribution in [0.15, 0.2) is 18.2 Å². The van der Waals surface area contributed by atoms with Gasteiger partial charge in [-0.05, 0) is 24.6 Å². The predicted molar refractivity (Wildman–Crippen MR) is 87.9 cm³/mol. The van der Waals surface area contributed by atoms with E-state index in [0.717, 1.165) is 0 Å². The highest BCUT2D eigenvalue weighted by Gasteiger charge is 2.48. The standard InChI is InChI=1S/C16H19ClN2O5/c1-23-6-5-18-14(20)10-8-11(10)15(21)19-13-7-9(16(22)24-2)3-4-12(13)17/h3-4,7,10-11H,5-6,8H2,1-2H3,(H,18,20)(H,19,21). The Kier molecular flexibility index (Phi) is 6.16. The Balaban J connectivity index is 1.94. The lowest BCUT2D eigenvalue weighted by Gasteiger charge is -2.09. The van der Waals surface area contributed by atoms with E-state index in [1.54, 1.807) is 7.11 Å². The summed E-state index contributed by atoms with van der Waals surface area (Å²) in [6.45, 7) is 0.832. The molecule has 0 saturated heterocycles. The molecule has 2 rings (SSSR count). The molecule has 2 N–H and O–H groups in total. The van der Waals surface area contributed by atoms with Crippen LogP contribution < -0.4 is 10.6 Å². The Morgan fingerprint density at radius 1 is 1.21 bits per heavy atom. The first kappa shape index (κ1) is 18.2. The first-order valence-corrected chi connectivity index (χ1v) is 7.81. The van der Waals surface area contributed by atoms with E-state index in [1.165, 1.54) is 25.3 Å². The molecule has 24 heavy (non-hydrogen) atoms. The molecule has 0 radical (unpaired) electrons. The summed E-state index contributed by atoms with van der Waals surface area (Å²) in [7, 11) is 2.82. The van der Waals surface area contributed by atoms with Gasteiger partial charge in [-0.15, -0.1) is 0 Å². The van der Waals surface area contributed by atoms with Crippen LogP contribution in [0.5, 0.6) is 0 Å². The number of methoxy groups -OCH3 is 2. The van der Waals surface area contributed by atoms with Gasteiger partial charge in [-0.3, -0.25) is 9.59 Å². The normalized spacial score (nSPS) is 18.6. The van der Waals surface area contributed by atoms with Crippen molar-refractivity contribution >= 4 is 35.1 Å². The molecule has 1 fully saturated rings. The van der Waals surface area contributed by atoms with Crippen LogP contribution in [0.25, 0.3) is 0 Å². The van der Waals surface area contributed by atoms with E-state index in [1.807, 2.05) is 0 Å². The van der Waals surface area contributed by atoms with Gasteiger partial charge in [0, 0.05) is 13.7 Å². The van der Waals surface area contributed by atoms with Crippen LogP contribution >= 0.6 is 11.6 Å². The summed E-state index contributed by atoms with van der Waals surface area (Å²) >= 11 is 6.04. The molecule has 0 spiro atoms. The fourth-order valence-corrected chi connectivity index (χ4v) is 2.44. The molecule has 1 aromatic rings. The third kappa shape index (κ3) is 4.46. The van der Waals surface area contributed by atoms with Crippen LogP contribution in [0, 0.1) is 11.8 Å². The van der Waals surface area contributed by atoms with Crippen LogP contribution in [-0.2, 0) is 19.1 Å². The largest absolute Gasteiger partial charge is 0.465 e. The molecule has 1 aromatic carbocycles. The smallest absolute Gasteiger partial charge is 0.337 e. The lowest BCUT2D eigenvalue weighted by atomic mass is 10.2. The summed E-state index contributed by atoms with van der Waals surface area (Å²) in [5.74, 6) is -1.73. The third-order valence-corrected chi connectivity index (χ3v) is 4.04. The molecule has 1 aliphatic rings. The van der Waals surface area contributed by atoms with E-state index in [4.69, 9.17) is 16.3 Å². The summed E-state index contributed by atoms with van der Waals surface area (Å²) < 4.78 is 9.49. The van der Waals surface area contributed by atoms with Crippen LogP contribution in [0.4, 0.5) is 5.69 Å². The van der Waals surface area contributed by atoms with Gasteiger partial charge in [0.25, 0.3) is 0 Å². The average Bonchev–Trinajstić information content (AvgIpc) is 3.37. The van der Waals surface area contributed by atoms with E-state index in [2.05, 4.69) is 15.4 Å². The molecule has 0 aliphatic heterocycles. The van der Waals surface area contributed by atoms with Crippen LogP contribution in [0.3, 0.4) is 0 Å². The van der Waals surface area contributed by atoms with E-state index in [9.17, 15) is 14.4 Å². The monoisotopic (exact) mass is 354 g/mol. The molecule has 1 saturated carbocycles. The number of halogens is 1. The first-order chi connectivity index (χ1) is 11.5. The zero-order valence-electron chi connectivity index (χ0n) is 13.4. The van der Waals surface area contributed by atoms with Crippen molar-refractivity contribution in [3.8, 4) is 0 Å². The molecule has 8 heteroatoms. The lowest BCUT2D eigenvalue weighted by Crippen LogP contribution is -2.30. The molecule has 7 nitrogen and oxygen atoms in total. The number of anilines is 1. The van der Waals surface area contributed by atoms with Crippen molar-refractivity contribution in [1.82, 2.24) is 5.32 Å². The molecule has 2 amide bonds. The van der Waals surface area contributed by atoms with E-state index in [-0.39, 0.29) is 23.3 Å². The molecule has 130 valence electrons. The van der Waals surface area contributed by atoms with Gasteiger partial charge in [-0.1, -0.05) is 11.6 Å². The maximum Gasteiger partial charge on any atom is 0.337 e. The Labute approximate surface area is 144 Å². The van der Waals surface area contributed by atoms with Gasteiger partial charge in [0.1, 0.15) is 0 Å². The first-order valence-electron chi connectivity index (χ1n) is 7.43. The summed E-state index contributed by atoms with van der Waals surface area (Å²) in [6.07, 6.45) is 0.485. The van der Waals surface area contributed by atoms with Crippen molar-refractivity contribution in [3.63, 3.8) is 0 Å². The zero-order chi connectivity index (χ0) is 17.7. The second-order valence-corrected chi connectivity index (χ2v) is 5.82. The molecular weight excluding hydrogens is 336 g/mol. The van der Waals surface area contributed by atoms with Gasteiger partial charge in [0.05, 0.1) is 41.8 Å². The number of hydrogen-bond acceptors (Lipinski definition) is 5. The van der Waals surface area contributed by atoms with Crippen molar-refractivity contribution in [2.75, 3.05) is 32.7 Å². The van der Waals surface area contributed by atoms with Gasteiger partial charge >= 0.3 is 5.97 Å². The summed E-state index contributed by atoms with van der Waals surface area (Å²) in [6, 6.07) is 4.46. The Morgan fingerprint density at radius 2 is 1.92 bits per heavy atom. The number of esters is 1. The average molecular weight is 355 g/mol. The number of ether oxygens (including phenoxy) is 2. The number of carbonyl (C=O) groups excluding carboxylic acids is 3. The second-order valence-electron chi connectivity index (χ2n) is 5.41. The molecule has 2 unspecified atom stereocenters. The fraction of sp³-hybridized carbons (Fsp3) is 0.438. The van der Waals surface area contributed by atoms with Gasteiger partial charge in [0.2, 0.25) is 11.8 Å². The topological polar surface area (TPSA) is 93.7 Å². The molecule has 0 bridgehead atoms. The van der Waals surface area contributed by atoms with Gasteiger partial charge in [-0.2, -0.15) is 0 Å². The summed E-state index contributed by atoms with van der Waals surface area (Å²) in [5.41, 5.74) is 0.594. The highest BCUT2D eigenvalue weighted by molar-refractivity contribution is 6.34. The van der Waals surface area contributed by atoms with Crippen molar-refractivity contribution < 1.29 is 23.9 Å². The van der Waals surface area contributed by atoms with Gasteiger partial charge < -0.3 is 20.1 Å². The van der Waals surface area contributed by atoms with Crippen LogP contribution in [0.1, 0.15) is 16.8 Å². The lowest BCUT2D eigenvalue weighted by molar-refractivity contribution is -0.125. The minimum atomic E-state index is -0.524. The number of rotatable bonds is 7. The second kappa shape index (κ2) is 8.12. The van der Waals surface area contributed by atoms with Crippen molar-refractivity contribution in [1.29, 1.82) is 0 Å². The summed E-state index contributed by atoms with van der Waals surface area (Å²) in [5, 5.41) is 5.67. The molecular formula is C16H19ClN2O5. The molecule has 0 aromatic heterocycles. The number of benzene rings is 1. The number of carbonyl (C=O) groups is 3. The highest BCUT2D eigenvalue weighted by Crippen LogP contribution is 2.40. The van der Waals surface area contributed by atoms with E-state index >= 15 is 0 Å². The molecule has 2 atom stereocenters. The van der Waals surface area contributed by atoms with Gasteiger partial charge in [-0.25, -0.2) is 4.79 Å². The zero-order valence-corrected chi connectivity index (χ0v) is 14.2. The Hall–Kier alpha value is -2.12. The predicted octanol–water partition coefficient (Wildman–Crippen LogP) is 1.46. The Morgan fingerprint density at radius 3 is 2.58 bits per heavy atom. The Bertz CT molecular complexity index is 649. The fourth-order valence-electron chi connectivity index (χ4n) is 2.27.